The molecule has 0 unspecified atom stereocenters. The molecule has 1 heterocycles. The Morgan fingerprint density at radius 2 is 1.87 bits per heavy atom. The molecule has 1 amide bonds. The summed E-state index contributed by atoms with van der Waals surface area (Å²) < 4.78 is 46.9. The number of methoxy groups -OCH3 is 2. The van der Waals surface area contributed by atoms with E-state index in [1.54, 1.807) is 44.4 Å². The smallest absolute Gasteiger partial charge is 0.241 e. The number of fused-ring (bicyclic) bond motifs is 1. The van der Waals surface area contributed by atoms with E-state index in [1.807, 2.05) is 0 Å². The predicted molar refractivity (Wildman–Crippen MR) is 111 cm³/mol. The van der Waals surface area contributed by atoms with Crippen molar-refractivity contribution < 1.29 is 32.2 Å². The molecule has 1 atom stereocenters. The highest BCUT2D eigenvalue weighted by Gasteiger charge is 2.25. The predicted octanol–water partition coefficient (Wildman–Crippen LogP) is 2.08. The van der Waals surface area contributed by atoms with E-state index in [0.29, 0.717) is 34.2 Å². The molecule has 0 saturated carbocycles. The zero-order chi connectivity index (χ0) is 21.9. The molecule has 2 aromatic rings. The van der Waals surface area contributed by atoms with Crippen LogP contribution in [0.4, 0.5) is 5.69 Å². The topological polar surface area (TPSA) is 103 Å². The molecule has 0 spiro atoms. The lowest BCUT2D eigenvalue weighted by molar-refractivity contribution is -0.120. The van der Waals surface area contributed by atoms with Crippen molar-refractivity contribution in [2.45, 2.75) is 13.0 Å². The van der Waals surface area contributed by atoms with Gasteiger partial charge in [0.25, 0.3) is 0 Å². The molecular formula is C20H24N2O7S. The van der Waals surface area contributed by atoms with Crippen LogP contribution in [0.2, 0.25) is 0 Å². The largest absolute Gasteiger partial charge is 0.497 e. The molecule has 1 aliphatic rings. The van der Waals surface area contributed by atoms with Crippen LogP contribution in [-0.2, 0) is 14.8 Å². The first-order chi connectivity index (χ1) is 14.2. The molecular weight excluding hydrogens is 412 g/mol. The van der Waals surface area contributed by atoms with Crippen LogP contribution < -0.4 is 28.6 Å². The van der Waals surface area contributed by atoms with E-state index >= 15 is 0 Å². The van der Waals surface area contributed by atoms with Crippen LogP contribution in [0.15, 0.2) is 36.4 Å². The van der Waals surface area contributed by atoms with Gasteiger partial charge in [-0.25, -0.2) is 8.42 Å². The maximum Gasteiger partial charge on any atom is 0.241 e. The van der Waals surface area contributed by atoms with Crippen molar-refractivity contribution in [3.8, 4) is 23.0 Å². The molecule has 30 heavy (non-hydrogen) atoms. The number of sulfonamides is 1. The van der Waals surface area contributed by atoms with Crippen LogP contribution in [0.3, 0.4) is 0 Å². The van der Waals surface area contributed by atoms with E-state index in [0.717, 1.165) is 10.6 Å². The van der Waals surface area contributed by atoms with E-state index < -0.39 is 28.5 Å². The van der Waals surface area contributed by atoms with Crippen molar-refractivity contribution in [3.05, 3.63) is 42.0 Å². The van der Waals surface area contributed by atoms with Gasteiger partial charge in [0.2, 0.25) is 22.7 Å². The Kier molecular flexibility index (Phi) is 6.25. The molecule has 0 radical (unpaired) electrons. The second-order valence-corrected chi connectivity index (χ2v) is 8.61. The Morgan fingerprint density at radius 3 is 2.53 bits per heavy atom. The monoisotopic (exact) mass is 436 g/mol. The van der Waals surface area contributed by atoms with Crippen LogP contribution in [0.5, 0.6) is 23.0 Å². The first kappa shape index (κ1) is 21.6. The van der Waals surface area contributed by atoms with E-state index in [2.05, 4.69) is 5.32 Å². The molecule has 0 aliphatic carbocycles. The fourth-order valence-corrected chi connectivity index (χ4v) is 3.96. The Morgan fingerprint density at radius 1 is 1.13 bits per heavy atom. The van der Waals surface area contributed by atoms with Gasteiger partial charge in [0.05, 0.1) is 32.2 Å². The molecule has 2 aromatic carbocycles. The molecule has 1 N–H and O–H groups in total. The van der Waals surface area contributed by atoms with Gasteiger partial charge in [-0.1, -0.05) is 0 Å². The number of hydrogen-bond donors (Lipinski definition) is 1. The molecule has 9 nitrogen and oxygen atoms in total. The third kappa shape index (κ3) is 4.70. The number of anilines is 1. The van der Waals surface area contributed by atoms with Crippen molar-refractivity contribution in [1.29, 1.82) is 0 Å². The summed E-state index contributed by atoms with van der Waals surface area (Å²) in [5.41, 5.74) is 1.02. The summed E-state index contributed by atoms with van der Waals surface area (Å²) in [6.07, 6.45) is 1.04. The summed E-state index contributed by atoms with van der Waals surface area (Å²) in [7, 11) is -0.644. The fraction of sp³-hybridized carbons (Fsp3) is 0.350. The van der Waals surface area contributed by atoms with Gasteiger partial charge < -0.3 is 24.3 Å². The quantitative estimate of drug-likeness (QED) is 0.676. The number of amides is 1. The van der Waals surface area contributed by atoms with Gasteiger partial charge in [-0.05, 0) is 37.3 Å². The number of carbonyl (C=O) groups excluding carboxylic acids is 1. The number of rotatable bonds is 8. The highest BCUT2D eigenvalue weighted by molar-refractivity contribution is 7.92. The minimum atomic E-state index is -3.72. The molecule has 0 aromatic heterocycles. The van der Waals surface area contributed by atoms with Gasteiger partial charge in [-0.15, -0.1) is 0 Å². The fourth-order valence-electron chi connectivity index (χ4n) is 3.11. The summed E-state index contributed by atoms with van der Waals surface area (Å²) >= 11 is 0. The van der Waals surface area contributed by atoms with Crippen molar-refractivity contribution in [2.75, 3.05) is 38.1 Å². The Bertz CT molecular complexity index is 1040. The molecule has 1 aliphatic heterocycles. The summed E-state index contributed by atoms with van der Waals surface area (Å²) in [4.78, 5) is 12.7. The van der Waals surface area contributed by atoms with E-state index in [-0.39, 0.29) is 6.79 Å². The minimum absolute atomic E-state index is 0.0675. The number of hydrogen-bond acceptors (Lipinski definition) is 7. The van der Waals surface area contributed by atoms with Crippen molar-refractivity contribution in [3.63, 3.8) is 0 Å². The maximum atomic E-state index is 12.7. The number of nitrogens with zero attached hydrogens (tertiary/aromatic N) is 1. The highest BCUT2D eigenvalue weighted by atomic mass is 32.2. The zero-order valence-corrected chi connectivity index (χ0v) is 18.0. The summed E-state index contributed by atoms with van der Waals surface area (Å²) in [5.74, 6) is 1.67. The normalized spacial score (nSPS) is 13.5. The van der Waals surface area contributed by atoms with Crippen LogP contribution in [0.25, 0.3) is 0 Å². The average molecular weight is 436 g/mol. The van der Waals surface area contributed by atoms with Crippen LogP contribution in [0, 0.1) is 0 Å². The van der Waals surface area contributed by atoms with Crippen LogP contribution in [-0.4, -0.2) is 48.1 Å². The minimum Gasteiger partial charge on any atom is -0.497 e. The van der Waals surface area contributed by atoms with Gasteiger partial charge in [0, 0.05) is 11.6 Å². The average Bonchev–Trinajstić information content (AvgIpc) is 3.18. The maximum absolute atomic E-state index is 12.7. The SMILES string of the molecule is COc1ccc(OC)c([C@@H](C)NC(=O)CN(c2ccc3c(c2)OCO3)S(C)(=O)=O)c1. The summed E-state index contributed by atoms with van der Waals surface area (Å²) in [6, 6.07) is 9.52. The molecule has 0 saturated heterocycles. The summed E-state index contributed by atoms with van der Waals surface area (Å²) in [5, 5.41) is 2.81. The van der Waals surface area contributed by atoms with Gasteiger partial charge in [-0.2, -0.15) is 0 Å². The standard InChI is InChI=1S/C20H24N2O7S/c1-13(16-10-15(26-2)6-8-17(16)27-3)21-20(23)11-22(30(4,24)25)14-5-7-18-19(9-14)29-12-28-18/h5-10,13H,11-12H2,1-4H3,(H,21,23)/t13-/m1/s1. The lowest BCUT2D eigenvalue weighted by atomic mass is 10.1. The lowest BCUT2D eigenvalue weighted by Gasteiger charge is -2.24. The van der Waals surface area contributed by atoms with Crippen LogP contribution in [0.1, 0.15) is 18.5 Å². The zero-order valence-electron chi connectivity index (χ0n) is 17.2. The van der Waals surface area contributed by atoms with Crippen molar-refractivity contribution in [1.82, 2.24) is 5.32 Å². The third-order valence-corrected chi connectivity index (χ3v) is 5.75. The second-order valence-electron chi connectivity index (χ2n) is 6.70. The van der Waals surface area contributed by atoms with E-state index in [9.17, 15) is 13.2 Å². The van der Waals surface area contributed by atoms with Gasteiger partial charge in [-0.3, -0.25) is 9.10 Å². The number of nitrogens with one attached hydrogen (secondary N) is 1. The number of carbonyl (C=O) groups is 1. The van der Waals surface area contributed by atoms with Crippen molar-refractivity contribution in [2.24, 2.45) is 0 Å². The highest BCUT2D eigenvalue weighted by Crippen LogP contribution is 2.36. The second kappa shape index (κ2) is 8.70. The Labute approximate surface area is 175 Å². The molecule has 10 heteroatoms. The number of ether oxygens (including phenoxy) is 4. The van der Waals surface area contributed by atoms with Gasteiger partial charge >= 0.3 is 0 Å². The first-order valence-electron chi connectivity index (χ1n) is 9.11. The van der Waals surface area contributed by atoms with Crippen molar-refractivity contribution >= 4 is 21.6 Å². The molecule has 0 bridgehead atoms. The van der Waals surface area contributed by atoms with Crippen LogP contribution >= 0.6 is 0 Å². The Balaban J connectivity index is 1.79. The first-order valence-corrected chi connectivity index (χ1v) is 11.0. The molecule has 162 valence electrons. The number of benzene rings is 2. The molecule has 0 fully saturated rings. The third-order valence-electron chi connectivity index (χ3n) is 4.61. The van der Waals surface area contributed by atoms with Gasteiger partial charge in [0.1, 0.15) is 18.0 Å². The Hall–Kier alpha value is -3.14. The lowest BCUT2D eigenvalue weighted by Crippen LogP contribution is -2.41. The summed E-state index contributed by atoms with van der Waals surface area (Å²) in [6.45, 7) is 1.45. The molecule has 3 rings (SSSR count). The van der Waals surface area contributed by atoms with E-state index in [1.165, 1.54) is 13.2 Å². The van der Waals surface area contributed by atoms with E-state index in [4.69, 9.17) is 18.9 Å². The van der Waals surface area contributed by atoms with Gasteiger partial charge in [0.15, 0.2) is 11.5 Å².